The monoisotopic (exact) mass is 687 g/mol. The highest BCUT2D eigenvalue weighted by molar-refractivity contribution is 5.56. The van der Waals surface area contributed by atoms with Gasteiger partial charge in [0.15, 0.2) is 0 Å². The average molecular weight is 687 g/mol. The normalized spacial score (nSPS) is 43.3. The second-order valence-corrected chi connectivity index (χ2v) is 9.09. The Balaban J connectivity index is 2.71. The van der Waals surface area contributed by atoms with Crippen LogP contribution in [0, 0.1) is 0 Å². The number of nitrogens with two attached hydrogens (primary N) is 1. The minimum atomic E-state index is -9.36. The lowest BCUT2D eigenvalue weighted by molar-refractivity contribution is -0.633. The van der Waals surface area contributed by atoms with Crippen LogP contribution in [0.4, 0.5) is 110 Å². The summed E-state index contributed by atoms with van der Waals surface area (Å²) in [5.74, 6) is -61.2. The summed E-state index contributed by atoms with van der Waals surface area (Å²) in [6, 6.07) is 0. The maximum absolute atomic E-state index is 15.5. The number of halogens is 25. The Bertz CT molecular complexity index is 1090. The number of rotatable bonds is 4. The molecule has 0 spiro atoms. The summed E-state index contributed by atoms with van der Waals surface area (Å²) in [6.07, 6.45) is -25.8. The summed E-state index contributed by atoms with van der Waals surface area (Å²) >= 11 is 0. The molecular weight excluding hydrogens is 685 g/mol. The van der Waals surface area contributed by atoms with Crippen molar-refractivity contribution in [2.75, 3.05) is 0 Å². The second kappa shape index (κ2) is 7.18. The van der Waals surface area contributed by atoms with Crippen LogP contribution in [0.15, 0.2) is 0 Å². The minimum Gasteiger partial charge on any atom is -0.292 e. The Labute approximate surface area is 209 Å². The van der Waals surface area contributed by atoms with Gasteiger partial charge in [-0.3, -0.25) is 10.5 Å². The topological polar surface area (TPSA) is 35.2 Å². The Hall–Kier alpha value is -1.83. The maximum Gasteiger partial charge on any atom is 0.458 e. The SMILES string of the molecule is NC(F)(C(F)(F)OC1(C(F)(F)F)C2(F)C(F)(F)C3(F)C(F)(F)C(F)(C2(F)F)C(F)(F)C1(F)C3(F)F)C(F)(F)C(F)(F)F. The number of hydrogen-bond acceptors (Lipinski definition) is 2. The van der Waals surface area contributed by atoms with Gasteiger partial charge in [0.2, 0.25) is 0 Å². The Morgan fingerprint density at radius 2 is 0.643 bits per heavy atom. The van der Waals surface area contributed by atoms with Crippen molar-refractivity contribution in [3.63, 3.8) is 0 Å². The van der Waals surface area contributed by atoms with Crippen LogP contribution >= 0.6 is 0 Å². The third-order valence-corrected chi connectivity index (χ3v) is 7.21. The lowest BCUT2D eigenvalue weighted by Crippen LogP contribution is -3.11. The molecule has 0 aliphatic heterocycles. The first-order chi connectivity index (χ1) is 17.7. The molecule has 4 aliphatic rings. The van der Waals surface area contributed by atoms with Crippen LogP contribution in [0.5, 0.6) is 0 Å². The zero-order chi connectivity index (χ0) is 34.2. The summed E-state index contributed by atoms with van der Waals surface area (Å²) < 4.78 is 355. The van der Waals surface area contributed by atoms with Gasteiger partial charge >= 0.3 is 71.1 Å². The van der Waals surface area contributed by atoms with E-state index in [1.807, 2.05) is 0 Å². The molecule has 0 radical (unpaired) electrons. The van der Waals surface area contributed by atoms with Gasteiger partial charge < -0.3 is 0 Å². The number of alkyl halides is 25. The van der Waals surface area contributed by atoms with E-state index in [1.165, 1.54) is 4.74 Å². The van der Waals surface area contributed by atoms with E-state index in [1.54, 1.807) is 0 Å². The van der Waals surface area contributed by atoms with Crippen LogP contribution in [0.25, 0.3) is 0 Å². The van der Waals surface area contributed by atoms with Gasteiger partial charge in [-0.15, -0.1) is 0 Å². The van der Waals surface area contributed by atoms with Gasteiger partial charge in [0.1, 0.15) is 0 Å². The minimum absolute atomic E-state index is 1.33. The molecule has 4 rings (SSSR count). The van der Waals surface area contributed by atoms with Crippen molar-refractivity contribution in [1.82, 2.24) is 0 Å². The van der Waals surface area contributed by atoms with Gasteiger partial charge in [-0.1, -0.05) is 0 Å². The van der Waals surface area contributed by atoms with Crippen molar-refractivity contribution in [2.24, 2.45) is 5.73 Å². The molecule has 2 nitrogen and oxygen atoms in total. The molecule has 4 bridgehead atoms. The first kappa shape index (κ1) is 34.7. The Morgan fingerprint density at radius 1 is 0.405 bits per heavy atom. The van der Waals surface area contributed by atoms with E-state index in [2.05, 4.69) is 5.73 Å². The molecule has 1 unspecified atom stereocenters. The molecule has 2 N–H and O–H groups in total. The molecule has 4 aliphatic carbocycles. The summed E-state index contributed by atoms with van der Waals surface area (Å²) in [4.78, 5) is 0. The van der Waals surface area contributed by atoms with Crippen molar-refractivity contribution in [3.8, 4) is 0 Å². The van der Waals surface area contributed by atoms with Crippen molar-refractivity contribution >= 4 is 0 Å². The van der Waals surface area contributed by atoms with E-state index in [-0.39, 0.29) is 0 Å². The van der Waals surface area contributed by atoms with Gasteiger partial charge in [0, 0.05) is 0 Å². The van der Waals surface area contributed by atoms with Gasteiger partial charge in [-0.25, -0.2) is 22.0 Å². The average Bonchev–Trinajstić information content (AvgIpc) is 2.75. The lowest BCUT2D eigenvalue weighted by atomic mass is 9.37. The lowest BCUT2D eigenvalue weighted by Gasteiger charge is -2.76. The molecule has 248 valence electrons. The molecule has 0 amide bonds. The molecule has 0 aromatic rings. The molecule has 4 fully saturated rings. The van der Waals surface area contributed by atoms with Crippen LogP contribution in [0.1, 0.15) is 0 Å². The van der Waals surface area contributed by atoms with Crippen molar-refractivity contribution in [1.29, 1.82) is 0 Å². The molecular formula is C15H2F25NO. The van der Waals surface area contributed by atoms with E-state index >= 15 is 8.78 Å². The highest BCUT2D eigenvalue weighted by Crippen LogP contribution is 2.90. The summed E-state index contributed by atoms with van der Waals surface area (Å²) in [6.45, 7) is 0. The summed E-state index contributed by atoms with van der Waals surface area (Å²) in [7, 11) is 0. The number of ether oxygens (including phenoxy) is 1. The van der Waals surface area contributed by atoms with Crippen LogP contribution in [0.3, 0.4) is 0 Å². The summed E-state index contributed by atoms with van der Waals surface area (Å²) in [5.41, 5.74) is -42.1. The zero-order valence-corrected chi connectivity index (χ0v) is 17.9. The standard InChI is InChI=1S/C15H2F25NO/c16-1-5(13(33,34)35,42-15(39,40)12(32,41)11(30,31)14(36,37)38)2(17)8(24,25)3(18,6(1,20)21)10(28,29)4(19,7(1,22)23)9(2,26)27/h41H2. The summed E-state index contributed by atoms with van der Waals surface area (Å²) in [5, 5.41) is 0. The highest BCUT2D eigenvalue weighted by atomic mass is 19.4. The molecule has 1 atom stereocenters. The van der Waals surface area contributed by atoms with Crippen molar-refractivity contribution in [2.45, 2.75) is 88.1 Å². The van der Waals surface area contributed by atoms with Gasteiger partial charge in [-0.2, -0.15) is 87.8 Å². The maximum atomic E-state index is 15.5. The molecule has 42 heavy (non-hydrogen) atoms. The van der Waals surface area contributed by atoms with Crippen LogP contribution in [0.2, 0.25) is 0 Å². The smallest absolute Gasteiger partial charge is 0.292 e. The molecule has 0 aromatic carbocycles. The first-order valence-electron chi connectivity index (χ1n) is 9.42. The van der Waals surface area contributed by atoms with E-state index < -0.39 is 88.1 Å². The van der Waals surface area contributed by atoms with E-state index in [0.717, 1.165) is 0 Å². The molecule has 4 saturated carbocycles. The fraction of sp³-hybridized carbons (Fsp3) is 1.00. The third-order valence-electron chi connectivity index (χ3n) is 7.21. The third kappa shape index (κ3) is 2.40. The largest absolute Gasteiger partial charge is 0.458 e. The van der Waals surface area contributed by atoms with Gasteiger partial charge in [-0.05, 0) is 0 Å². The zero-order valence-electron chi connectivity index (χ0n) is 17.9. The highest BCUT2D eigenvalue weighted by Gasteiger charge is 3.25. The van der Waals surface area contributed by atoms with Crippen LogP contribution < -0.4 is 5.73 Å². The Morgan fingerprint density at radius 3 is 0.857 bits per heavy atom. The van der Waals surface area contributed by atoms with E-state index in [0.29, 0.717) is 0 Å². The first-order valence-corrected chi connectivity index (χ1v) is 9.42. The van der Waals surface area contributed by atoms with E-state index in [9.17, 15) is 101 Å². The molecule has 27 heteroatoms. The van der Waals surface area contributed by atoms with Gasteiger partial charge in [0.05, 0.1) is 0 Å². The fourth-order valence-electron chi connectivity index (χ4n) is 5.13. The predicted octanol–water partition coefficient (Wildman–Crippen LogP) is 6.77. The Kier molecular flexibility index (Phi) is 5.92. The molecule has 0 heterocycles. The van der Waals surface area contributed by atoms with Crippen molar-refractivity contribution in [3.05, 3.63) is 0 Å². The number of hydrogen-bond donors (Lipinski definition) is 1. The quantitative estimate of drug-likeness (QED) is 0.262. The predicted molar refractivity (Wildman–Crippen MR) is 73.9 cm³/mol. The van der Waals surface area contributed by atoms with Crippen LogP contribution in [-0.2, 0) is 4.74 Å². The molecule has 0 saturated heterocycles. The van der Waals surface area contributed by atoms with Crippen LogP contribution in [-0.4, -0.2) is 88.1 Å². The van der Waals surface area contributed by atoms with Gasteiger partial charge in [0.25, 0.3) is 16.9 Å². The molecule has 0 aromatic heterocycles. The van der Waals surface area contributed by atoms with Crippen molar-refractivity contribution < 1.29 is 114 Å². The fourth-order valence-corrected chi connectivity index (χ4v) is 5.13. The second-order valence-electron chi connectivity index (χ2n) is 9.09. The van der Waals surface area contributed by atoms with E-state index in [4.69, 9.17) is 0 Å².